The topological polar surface area (TPSA) is 37.8 Å². The van der Waals surface area contributed by atoms with Crippen LogP contribution in [0.3, 0.4) is 0 Å². The van der Waals surface area contributed by atoms with Crippen molar-refractivity contribution in [1.29, 1.82) is 0 Å². The summed E-state index contributed by atoms with van der Waals surface area (Å²) in [5, 5.41) is 3.47. The number of nitrogens with one attached hydrogen (secondary N) is 1. The van der Waals surface area contributed by atoms with E-state index in [1.165, 1.54) is 5.56 Å². The molecule has 0 bridgehead atoms. The smallest absolute Gasteiger partial charge is 0.0934 e. The van der Waals surface area contributed by atoms with Crippen LogP contribution in [0, 0.1) is 0 Å². The van der Waals surface area contributed by atoms with Gasteiger partial charge in [0.1, 0.15) is 0 Å². The summed E-state index contributed by atoms with van der Waals surface area (Å²) < 4.78 is 0. The molecule has 0 saturated carbocycles. The van der Waals surface area contributed by atoms with Gasteiger partial charge in [-0.2, -0.15) is 0 Å². The lowest BCUT2D eigenvalue weighted by Crippen LogP contribution is -2.20. The van der Waals surface area contributed by atoms with Crippen LogP contribution in [0.15, 0.2) is 30.6 Å². The lowest BCUT2D eigenvalue weighted by molar-refractivity contribution is 0.540. The lowest BCUT2D eigenvalue weighted by Gasteiger charge is -2.17. The summed E-state index contributed by atoms with van der Waals surface area (Å²) in [6.45, 7) is 5.27. The molecule has 1 aromatic heterocycles. The second-order valence-corrected chi connectivity index (χ2v) is 3.79. The number of fused-ring (bicyclic) bond motifs is 1. The van der Waals surface area contributed by atoms with E-state index in [9.17, 15) is 0 Å². The van der Waals surface area contributed by atoms with Crippen LogP contribution in [-0.2, 0) is 0 Å². The van der Waals surface area contributed by atoms with Gasteiger partial charge in [-0.1, -0.05) is 26.0 Å². The summed E-state index contributed by atoms with van der Waals surface area (Å²) in [7, 11) is 0. The third-order valence-corrected chi connectivity index (χ3v) is 2.76. The van der Waals surface area contributed by atoms with Gasteiger partial charge in [0.2, 0.25) is 0 Å². The van der Waals surface area contributed by atoms with E-state index in [1.807, 2.05) is 12.1 Å². The molecule has 0 aliphatic carbocycles. The van der Waals surface area contributed by atoms with E-state index in [0.29, 0.717) is 6.04 Å². The molecule has 16 heavy (non-hydrogen) atoms. The molecule has 3 heteroatoms. The summed E-state index contributed by atoms with van der Waals surface area (Å²) in [4.78, 5) is 8.76. The Morgan fingerprint density at radius 3 is 2.75 bits per heavy atom. The first kappa shape index (κ1) is 11.0. The first-order chi connectivity index (χ1) is 7.86. The molecule has 0 aliphatic rings. The fourth-order valence-electron chi connectivity index (χ4n) is 2.02. The first-order valence-corrected chi connectivity index (χ1v) is 5.79. The highest BCUT2D eigenvalue weighted by atomic mass is 14.9. The van der Waals surface area contributed by atoms with Gasteiger partial charge in [-0.25, -0.2) is 0 Å². The maximum absolute atomic E-state index is 4.43. The lowest BCUT2D eigenvalue weighted by atomic mass is 10.0. The highest BCUT2D eigenvalue weighted by Crippen LogP contribution is 2.23. The summed E-state index contributed by atoms with van der Waals surface area (Å²) in [6.07, 6.45) is 4.55. The molecule has 0 amide bonds. The fraction of sp³-hybridized carbons (Fsp3) is 0.385. The van der Waals surface area contributed by atoms with Gasteiger partial charge in [-0.3, -0.25) is 9.97 Å². The van der Waals surface area contributed by atoms with E-state index < -0.39 is 0 Å². The van der Waals surface area contributed by atoms with Crippen molar-refractivity contribution >= 4 is 11.0 Å². The normalized spacial score (nSPS) is 12.9. The highest BCUT2D eigenvalue weighted by molar-refractivity contribution is 5.78. The van der Waals surface area contributed by atoms with Crippen LogP contribution in [0.4, 0.5) is 0 Å². The van der Waals surface area contributed by atoms with Crippen molar-refractivity contribution in [2.24, 2.45) is 0 Å². The largest absolute Gasteiger partial charge is 0.310 e. The van der Waals surface area contributed by atoms with Crippen molar-refractivity contribution < 1.29 is 0 Å². The predicted molar refractivity (Wildman–Crippen MR) is 66.2 cm³/mol. The van der Waals surface area contributed by atoms with Gasteiger partial charge in [0.25, 0.3) is 0 Å². The molecule has 2 aromatic rings. The molecule has 1 heterocycles. The molecule has 84 valence electrons. The van der Waals surface area contributed by atoms with E-state index in [2.05, 4.69) is 35.2 Å². The number of hydrogen-bond acceptors (Lipinski definition) is 3. The van der Waals surface area contributed by atoms with E-state index >= 15 is 0 Å². The van der Waals surface area contributed by atoms with Gasteiger partial charge in [-0.15, -0.1) is 0 Å². The Kier molecular flexibility index (Phi) is 3.47. The minimum Gasteiger partial charge on any atom is -0.310 e. The Hall–Kier alpha value is -1.48. The zero-order valence-electron chi connectivity index (χ0n) is 9.77. The summed E-state index contributed by atoms with van der Waals surface area (Å²) in [5.74, 6) is 0. The average Bonchev–Trinajstić information content (AvgIpc) is 2.35. The molecule has 1 aromatic carbocycles. The van der Waals surface area contributed by atoms with Crippen LogP contribution >= 0.6 is 0 Å². The molecule has 2 rings (SSSR count). The van der Waals surface area contributed by atoms with Crippen molar-refractivity contribution in [2.45, 2.75) is 26.3 Å². The minimum absolute atomic E-state index is 0.366. The molecule has 1 unspecified atom stereocenters. The van der Waals surface area contributed by atoms with Crippen LogP contribution in [0.1, 0.15) is 31.9 Å². The third-order valence-electron chi connectivity index (χ3n) is 2.76. The molecule has 1 N–H and O–H groups in total. The molecule has 1 atom stereocenters. The maximum atomic E-state index is 4.43. The number of aromatic nitrogens is 2. The van der Waals surface area contributed by atoms with Gasteiger partial charge < -0.3 is 5.32 Å². The van der Waals surface area contributed by atoms with Crippen LogP contribution in [0.25, 0.3) is 11.0 Å². The van der Waals surface area contributed by atoms with Crippen LogP contribution in [-0.4, -0.2) is 16.5 Å². The Labute approximate surface area is 95.9 Å². The number of benzene rings is 1. The Morgan fingerprint density at radius 2 is 2.00 bits per heavy atom. The van der Waals surface area contributed by atoms with Gasteiger partial charge >= 0.3 is 0 Å². The molecule has 0 radical (unpaired) electrons. The van der Waals surface area contributed by atoms with Gasteiger partial charge in [0.05, 0.1) is 11.0 Å². The summed E-state index contributed by atoms with van der Waals surface area (Å²) in [6, 6.07) is 6.55. The zero-order chi connectivity index (χ0) is 11.4. The first-order valence-electron chi connectivity index (χ1n) is 5.79. The van der Waals surface area contributed by atoms with E-state index in [-0.39, 0.29) is 0 Å². The molecule has 0 saturated heterocycles. The zero-order valence-corrected chi connectivity index (χ0v) is 9.77. The van der Waals surface area contributed by atoms with Gasteiger partial charge in [0, 0.05) is 18.4 Å². The quantitative estimate of drug-likeness (QED) is 0.852. The van der Waals surface area contributed by atoms with Crippen LogP contribution < -0.4 is 5.32 Å². The molecule has 0 spiro atoms. The number of nitrogens with zero attached hydrogens (tertiary/aromatic N) is 2. The van der Waals surface area contributed by atoms with E-state index in [4.69, 9.17) is 0 Å². The molecule has 0 aliphatic heterocycles. The Balaban J connectivity index is 2.50. The van der Waals surface area contributed by atoms with Crippen molar-refractivity contribution in [3.05, 3.63) is 36.2 Å². The second kappa shape index (κ2) is 5.03. The van der Waals surface area contributed by atoms with Gasteiger partial charge in [0.15, 0.2) is 0 Å². The van der Waals surface area contributed by atoms with Crippen molar-refractivity contribution in [3.63, 3.8) is 0 Å². The Morgan fingerprint density at radius 1 is 1.19 bits per heavy atom. The maximum Gasteiger partial charge on any atom is 0.0934 e. The summed E-state index contributed by atoms with van der Waals surface area (Å²) >= 11 is 0. The molecule has 0 fully saturated rings. The van der Waals surface area contributed by atoms with Crippen LogP contribution in [0.5, 0.6) is 0 Å². The van der Waals surface area contributed by atoms with Gasteiger partial charge in [-0.05, 0) is 24.6 Å². The Bertz CT molecular complexity index is 462. The molecule has 3 nitrogen and oxygen atoms in total. The standard InChI is InChI=1S/C13H17N3/c1-3-11(14-4-2)10-6-5-7-12-13(10)16-9-8-15-12/h5-9,11,14H,3-4H2,1-2H3. The second-order valence-electron chi connectivity index (χ2n) is 3.79. The third kappa shape index (κ3) is 2.04. The van der Waals surface area contributed by atoms with Crippen molar-refractivity contribution in [2.75, 3.05) is 6.54 Å². The van der Waals surface area contributed by atoms with Crippen LogP contribution in [0.2, 0.25) is 0 Å². The summed E-state index contributed by atoms with van der Waals surface area (Å²) in [5.41, 5.74) is 3.23. The predicted octanol–water partition coefficient (Wildman–Crippen LogP) is 2.69. The van der Waals surface area contributed by atoms with Crippen molar-refractivity contribution in [1.82, 2.24) is 15.3 Å². The highest BCUT2D eigenvalue weighted by Gasteiger charge is 2.11. The number of hydrogen-bond donors (Lipinski definition) is 1. The van der Waals surface area contributed by atoms with E-state index in [1.54, 1.807) is 12.4 Å². The number of rotatable bonds is 4. The van der Waals surface area contributed by atoms with E-state index in [0.717, 1.165) is 24.0 Å². The number of para-hydroxylation sites is 1. The van der Waals surface area contributed by atoms with Crippen molar-refractivity contribution in [3.8, 4) is 0 Å². The SMILES string of the molecule is CCNC(CC)c1cccc2nccnc12. The fourth-order valence-corrected chi connectivity index (χ4v) is 2.02. The minimum atomic E-state index is 0.366. The average molecular weight is 215 g/mol. The molecular weight excluding hydrogens is 198 g/mol. The molecular formula is C13H17N3. The monoisotopic (exact) mass is 215 g/mol.